The molecule has 2 saturated heterocycles. The van der Waals surface area contributed by atoms with E-state index in [0.29, 0.717) is 13.1 Å². The summed E-state index contributed by atoms with van der Waals surface area (Å²) in [4.78, 5) is 2.19. The zero-order valence-electron chi connectivity index (χ0n) is 11.8. The maximum absolute atomic E-state index is 12.7. The highest BCUT2D eigenvalue weighted by Crippen LogP contribution is 2.26. The van der Waals surface area contributed by atoms with Crippen LogP contribution in [0.3, 0.4) is 0 Å². The van der Waals surface area contributed by atoms with Crippen molar-refractivity contribution in [1.82, 2.24) is 19.0 Å². The van der Waals surface area contributed by atoms with Crippen molar-refractivity contribution >= 4 is 10.0 Å². The van der Waals surface area contributed by atoms with Crippen LogP contribution in [0.5, 0.6) is 0 Å². The number of piperidine rings is 1. The van der Waals surface area contributed by atoms with Crippen molar-refractivity contribution in [3.63, 3.8) is 0 Å². The molecule has 2 aliphatic heterocycles. The molecule has 1 aromatic heterocycles. The van der Waals surface area contributed by atoms with E-state index in [1.54, 1.807) is 17.4 Å². The van der Waals surface area contributed by atoms with Crippen LogP contribution in [0.15, 0.2) is 17.3 Å². The van der Waals surface area contributed by atoms with Gasteiger partial charge in [-0.25, -0.2) is 8.42 Å². The van der Waals surface area contributed by atoms with Gasteiger partial charge in [-0.2, -0.15) is 9.40 Å². The summed E-state index contributed by atoms with van der Waals surface area (Å²) in [5.74, 6) is 0. The second-order valence-electron chi connectivity index (χ2n) is 5.40. The fraction of sp³-hybridized carbons (Fsp3) is 0.750. The molecular weight excluding hydrogens is 280 g/mol. The molecule has 0 aliphatic carbocycles. The number of nitrogens with zero attached hydrogens (tertiary/aromatic N) is 4. The molecule has 0 N–H and O–H groups in total. The summed E-state index contributed by atoms with van der Waals surface area (Å²) < 4.78 is 34.0. The summed E-state index contributed by atoms with van der Waals surface area (Å²) in [6, 6.07) is 1.68. The Morgan fingerprint density at radius 3 is 2.85 bits per heavy atom. The highest BCUT2D eigenvalue weighted by atomic mass is 32.2. The van der Waals surface area contributed by atoms with E-state index in [0.717, 1.165) is 19.6 Å². The molecule has 0 bridgehead atoms. The second-order valence-corrected chi connectivity index (χ2v) is 7.29. The zero-order valence-corrected chi connectivity index (χ0v) is 12.6. The van der Waals surface area contributed by atoms with Gasteiger partial charge in [-0.05, 0) is 19.5 Å². The number of sulfonamides is 1. The van der Waals surface area contributed by atoms with Crippen LogP contribution in [0.1, 0.15) is 6.42 Å². The third kappa shape index (κ3) is 2.26. The van der Waals surface area contributed by atoms with Gasteiger partial charge < -0.3 is 4.74 Å². The van der Waals surface area contributed by atoms with Crippen molar-refractivity contribution in [2.75, 3.05) is 33.3 Å². The Morgan fingerprint density at radius 1 is 1.35 bits per heavy atom. The SMILES string of the molecule is CN1CCO[C@H]2CCN(S(=O)(=O)c3ccnn3C)C[C@@H]21. The summed E-state index contributed by atoms with van der Waals surface area (Å²) in [6.07, 6.45) is 2.40. The zero-order chi connectivity index (χ0) is 14.3. The third-order valence-corrected chi connectivity index (χ3v) is 6.15. The minimum absolute atomic E-state index is 0.139. The number of aryl methyl sites for hydroxylation is 1. The summed E-state index contributed by atoms with van der Waals surface area (Å²) >= 11 is 0. The minimum Gasteiger partial charge on any atom is -0.375 e. The standard InChI is InChI=1S/C12H20N4O3S/c1-14-7-8-19-11-4-6-16(9-10(11)14)20(17,18)12-3-5-13-15(12)2/h3,5,10-11H,4,6-9H2,1-2H3/t10-,11-/m0/s1. The predicted octanol–water partition coefficient (Wildman–Crippen LogP) is -0.486. The van der Waals surface area contributed by atoms with Crippen LogP contribution in [0.2, 0.25) is 0 Å². The lowest BCUT2D eigenvalue weighted by molar-refractivity contribution is -0.0840. The summed E-state index contributed by atoms with van der Waals surface area (Å²) in [6.45, 7) is 2.56. The van der Waals surface area contributed by atoms with Crippen molar-refractivity contribution in [2.24, 2.45) is 7.05 Å². The lowest BCUT2D eigenvalue weighted by Crippen LogP contribution is -2.59. The molecule has 112 valence electrons. The molecule has 2 aliphatic rings. The van der Waals surface area contributed by atoms with Crippen LogP contribution in [0.4, 0.5) is 0 Å². The Bertz CT molecular complexity index is 585. The molecule has 0 amide bonds. The molecule has 1 aromatic rings. The Kier molecular flexibility index (Phi) is 3.57. The highest BCUT2D eigenvalue weighted by Gasteiger charge is 2.40. The average Bonchev–Trinajstić information content (AvgIpc) is 2.86. The molecule has 3 rings (SSSR count). The van der Waals surface area contributed by atoms with Gasteiger partial charge in [0.15, 0.2) is 5.03 Å². The van der Waals surface area contributed by atoms with E-state index in [4.69, 9.17) is 4.74 Å². The molecule has 2 fully saturated rings. The van der Waals surface area contributed by atoms with Crippen molar-refractivity contribution in [2.45, 2.75) is 23.6 Å². The Hall–Kier alpha value is -0.960. The van der Waals surface area contributed by atoms with Crippen molar-refractivity contribution in [3.05, 3.63) is 12.3 Å². The maximum Gasteiger partial charge on any atom is 0.260 e. The molecule has 0 saturated carbocycles. The lowest BCUT2D eigenvalue weighted by atomic mass is 10.0. The molecule has 3 heterocycles. The Balaban J connectivity index is 1.83. The smallest absolute Gasteiger partial charge is 0.260 e. The fourth-order valence-electron chi connectivity index (χ4n) is 2.98. The first-order valence-corrected chi connectivity index (χ1v) is 8.24. The number of hydrogen-bond acceptors (Lipinski definition) is 5. The van der Waals surface area contributed by atoms with E-state index in [1.807, 2.05) is 7.05 Å². The van der Waals surface area contributed by atoms with E-state index in [2.05, 4.69) is 10.00 Å². The van der Waals surface area contributed by atoms with Gasteiger partial charge in [0.1, 0.15) is 0 Å². The van der Waals surface area contributed by atoms with Crippen LogP contribution >= 0.6 is 0 Å². The van der Waals surface area contributed by atoms with Gasteiger partial charge in [0, 0.05) is 32.7 Å². The number of rotatable bonds is 2. The first-order chi connectivity index (χ1) is 9.50. The van der Waals surface area contributed by atoms with E-state index in [1.165, 1.54) is 10.9 Å². The summed E-state index contributed by atoms with van der Waals surface area (Å²) in [7, 11) is 0.205. The third-order valence-electron chi connectivity index (χ3n) is 4.21. The van der Waals surface area contributed by atoms with Gasteiger partial charge in [0.05, 0.1) is 18.9 Å². The van der Waals surface area contributed by atoms with Gasteiger partial charge in [-0.1, -0.05) is 0 Å². The quantitative estimate of drug-likeness (QED) is 0.737. The first-order valence-electron chi connectivity index (χ1n) is 6.80. The molecule has 8 heteroatoms. The number of likely N-dealkylation sites (N-methyl/N-ethyl adjacent to an activating group) is 1. The van der Waals surface area contributed by atoms with Crippen LogP contribution in [0.25, 0.3) is 0 Å². The van der Waals surface area contributed by atoms with E-state index >= 15 is 0 Å². The monoisotopic (exact) mass is 300 g/mol. The number of fused-ring (bicyclic) bond motifs is 1. The fourth-order valence-corrected chi connectivity index (χ4v) is 4.55. The van der Waals surface area contributed by atoms with Crippen molar-refractivity contribution < 1.29 is 13.2 Å². The molecule has 0 unspecified atom stereocenters. The van der Waals surface area contributed by atoms with Crippen LogP contribution < -0.4 is 0 Å². The lowest BCUT2D eigenvalue weighted by Gasteiger charge is -2.45. The largest absolute Gasteiger partial charge is 0.375 e. The predicted molar refractivity (Wildman–Crippen MR) is 72.7 cm³/mol. The average molecular weight is 300 g/mol. The molecule has 0 spiro atoms. The van der Waals surface area contributed by atoms with E-state index < -0.39 is 10.0 Å². The minimum atomic E-state index is -3.47. The molecule has 2 atom stereocenters. The van der Waals surface area contributed by atoms with Crippen LogP contribution in [-0.2, 0) is 21.8 Å². The normalized spacial score (nSPS) is 29.3. The number of hydrogen-bond donors (Lipinski definition) is 0. The Labute approximate surface area is 119 Å². The van der Waals surface area contributed by atoms with Crippen LogP contribution in [-0.4, -0.2) is 72.8 Å². The van der Waals surface area contributed by atoms with Gasteiger partial charge in [0.2, 0.25) is 0 Å². The van der Waals surface area contributed by atoms with Crippen molar-refractivity contribution in [3.8, 4) is 0 Å². The Morgan fingerprint density at radius 2 is 2.15 bits per heavy atom. The van der Waals surface area contributed by atoms with E-state index in [-0.39, 0.29) is 17.2 Å². The van der Waals surface area contributed by atoms with Gasteiger partial charge >= 0.3 is 0 Å². The second kappa shape index (κ2) is 5.10. The van der Waals surface area contributed by atoms with Gasteiger partial charge in [-0.15, -0.1) is 0 Å². The molecule has 7 nitrogen and oxygen atoms in total. The summed E-state index contributed by atoms with van der Waals surface area (Å²) in [5.41, 5.74) is 0. The highest BCUT2D eigenvalue weighted by molar-refractivity contribution is 7.89. The molecule has 0 aromatic carbocycles. The number of morpholine rings is 1. The van der Waals surface area contributed by atoms with Crippen LogP contribution in [0, 0.1) is 0 Å². The number of aromatic nitrogens is 2. The maximum atomic E-state index is 12.7. The molecule has 20 heavy (non-hydrogen) atoms. The van der Waals surface area contributed by atoms with Gasteiger partial charge in [-0.3, -0.25) is 9.58 Å². The summed E-state index contributed by atoms with van der Waals surface area (Å²) in [5, 5.41) is 4.20. The first kappa shape index (κ1) is 14.0. The topological polar surface area (TPSA) is 67.7 Å². The molecular formula is C12H20N4O3S. The van der Waals surface area contributed by atoms with Gasteiger partial charge in [0.25, 0.3) is 10.0 Å². The molecule has 0 radical (unpaired) electrons. The van der Waals surface area contributed by atoms with E-state index in [9.17, 15) is 8.42 Å². The van der Waals surface area contributed by atoms with Crippen molar-refractivity contribution in [1.29, 1.82) is 0 Å². The number of ether oxygens (including phenoxy) is 1.